The van der Waals surface area contributed by atoms with E-state index in [0.717, 1.165) is 25.8 Å². The van der Waals surface area contributed by atoms with Gasteiger partial charge in [-0.3, -0.25) is 4.79 Å². The van der Waals surface area contributed by atoms with Crippen molar-refractivity contribution >= 4 is 5.91 Å². The minimum Gasteiger partial charge on any atom is -0.340 e. The third kappa shape index (κ3) is 2.46. The van der Waals surface area contributed by atoms with Gasteiger partial charge in [-0.25, -0.2) is 4.39 Å². The lowest BCUT2D eigenvalue weighted by molar-refractivity contribution is -0.134. The van der Waals surface area contributed by atoms with Crippen LogP contribution in [0.15, 0.2) is 24.3 Å². The van der Waals surface area contributed by atoms with Crippen molar-refractivity contribution in [2.75, 3.05) is 6.54 Å². The van der Waals surface area contributed by atoms with Crippen molar-refractivity contribution < 1.29 is 9.18 Å². The monoisotopic (exact) mass is 275 g/mol. The fourth-order valence-corrected chi connectivity index (χ4v) is 3.61. The Balaban J connectivity index is 1.68. The fraction of sp³-hybridized carbons (Fsp3) is 0.588. The Kier molecular flexibility index (Phi) is 3.77. The molecular weight excluding hydrogens is 253 g/mol. The summed E-state index contributed by atoms with van der Waals surface area (Å²) in [5, 5.41) is 0. The molecule has 2 nitrogen and oxygen atoms in total. The molecule has 0 N–H and O–H groups in total. The van der Waals surface area contributed by atoms with Gasteiger partial charge < -0.3 is 4.90 Å². The van der Waals surface area contributed by atoms with E-state index in [0.29, 0.717) is 11.6 Å². The molecule has 1 aromatic rings. The average molecular weight is 275 g/mol. The molecular formula is C17H22FNO. The zero-order valence-electron chi connectivity index (χ0n) is 12.0. The number of carbonyl (C=O) groups is 1. The van der Waals surface area contributed by atoms with Crippen LogP contribution in [0, 0.1) is 11.7 Å². The molecule has 1 aromatic carbocycles. The molecule has 20 heavy (non-hydrogen) atoms. The zero-order chi connectivity index (χ0) is 14.1. The molecule has 0 spiro atoms. The van der Waals surface area contributed by atoms with Gasteiger partial charge in [0.25, 0.3) is 0 Å². The lowest BCUT2D eigenvalue weighted by Crippen LogP contribution is -2.39. The van der Waals surface area contributed by atoms with Gasteiger partial charge >= 0.3 is 0 Å². The van der Waals surface area contributed by atoms with Gasteiger partial charge in [-0.15, -0.1) is 0 Å². The molecule has 2 atom stereocenters. The van der Waals surface area contributed by atoms with E-state index in [4.69, 9.17) is 0 Å². The highest BCUT2D eigenvalue weighted by molar-refractivity contribution is 5.83. The van der Waals surface area contributed by atoms with E-state index in [1.54, 1.807) is 6.07 Å². The maximum Gasteiger partial charge on any atom is 0.226 e. The number of hydrogen-bond acceptors (Lipinski definition) is 1. The van der Waals surface area contributed by atoms with Crippen molar-refractivity contribution in [1.29, 1.82) is 0 Å². The highest BCUT2D eigenvalue weighted by Crippen LogP contribution is 2.49. The van der Waals surface area contributed by atoms with Crippen LogP contribution in [0.1, 0.15) is 50.5 Å². The molecule has 108 valence electrons. The van der Waals surface area contributed by atoms with Crippen molar-refractivity contribution in [2.24, 2.45) is 5.92 Å². The number of rotatable bonds is 4. The second-order valence-corrected chi connectivity index (χ2v) is 6.03. The largest absolute Gasteiger partial charge is 0.340 e. The van der Waals surface area contributed by atoms with Crippen LogP contribution < -0.4 is 0 Å². The summed E-state index contributed by atoms with van der Waals surface area (Å²) in [7, 11) is 0. The fourth-order valence-electron chi connectivity index (χ4n) is 3.61. The van der Waals surface area contributed by atoms with Gasteiger partial charge in [0.15, 0.2) is 0 Å². The van der Waals surface area contributed by atoms with Crippen molar-refractivity contribution in [1.82, 2.24) is 4.90 Å². The average Bonchev–Trinajstić information content (AvgIpc) is 3.07. The van der Waals surface area contributed by atoms with Gasteiger partial charge in [0.2, 0.25) is 5.91 Å². The topological polar surface area (TPSA) is 20.3 Å². The molecule has 2 aliphatic rings. The Morgan fingerprint density at radius 1 is 1.30 bits per heavy atom. The molecule has 0 aromatic heterocycles. The quantitative estimate of drug-likeness (QED) is 0.820. The van der Waals surface area contributed by atoms with Gasteiger partial charge in [-0.2, -0.15) is 0 Å². The minimum atomic E-state index is -0.170. The first kappa shape index (κ1) is 13.6. The molecule has 2 saturated carbocycles. The molecule has 0 heterocycles. The first-order valence-electron chi connectivity index (χ1n) is 7.77. The summed E-state index contributed by atoms with van der Waals surface area (Å²) in [5.74, 6) is 0.177. The Bertz CT molecular complexity index is 496. The molecule has 1 amide bonds. The van der Waals surface area contributed by atoms with E-state index >= 15 is 0 Å². The third-order valence-electron chi connectivity index (χ3n) is 4.80. The first-order chi connectivity index (χ1) is 9.72. The standard InChI is InChI=1S/C17H22FNO/c1-2-19(12-7-3-4-8-12)17(20)15-11-14(15)13-9-5-6-10-16(13)18/h5-6,9-10,12,14-15H,2-4,7-8,11H2,1H3. The van der Waals surface area contributed by atoms with Gasteiger partial charge in [-0.05, 0) is 43.7 Å². The number of carbonyl (C=O) groups excluding carboxylic acids is 1. The first-order valence-corrected chi connectivity index (χ1v) is 7.77. The predicted molar refractivity (Wildman–Crippen MR) is 76.9 cm³/mol. The normalized spacial score (nSPS) is 25.7. The second kappa shape index (κ2) is 5.55. The van der Waals surface area contributed by atoms with E-state index in [2.05, 4.69) is 6.92 Å². The molecule has 0 bridgehead atoms. The maximum absolute atomic E-state index is 13.8. The summed E-state index contributed by atoms with van der Waals surface area (Å²) in [6.45, 7) is 2.83. The van der Waals surface area contributed by atoms with Crippen LogP contribution in [0.4, 0.5) is 4.39 Å². The molecule has 2 aliphatic carbocycles. The maximum atomic E-state index is 13.8. The zero-order valence-corrected chi connectivity index (χ0v) is 12.0. The molecule has 2 unspecified atom stereocenters. The van der Waals surface area contributed by atoms with Crippen LogP contribution in [0.3, 0.4) is 0 Å². The molecule has 0 aliphatic heterocycles. The number of nitrogens with zero attached hydrogens (tertiary/aromatic N) is 1. The minimum absolute atomic E-state index is 0.00690. The predicted octanol–water partition coefficient (Wildman–Crippen LogP) is 3.72. The molecule has 0 radical (unpaired) electrons. The molecule has 0 saturated heterocycles. The highest BCUT2D eigenvalue weighted by atomic mass is 19.1. The number of halogens is 1. The summed E-state index contributed by atoms with van der Waals surface area (Å²) in [6, 6.07) is 7.29. The Hall–Kier alpha value is -1.38. The molecule has 3 rings (SSSR count). The SMILES string of the molecule is CCN(C(=O)C1CC1c1ccccc1F)C1CCCC1. The van der Waals surface area contributed by atoms with E-state index in [-0.39, 0.29) is 23.6 Å². The van der Waals surface area contributed by atoms with Gasteiger partial charge in [0.05, 0.1) is 0 Å². The Labute approximate surface area is 120 Å². The molecule has 3 heteroatoms. The van der Waals surface area contributed by atoms with Crippen LogP contribution in [-0.2, 0) is 4.79 Å². The van der Waals surface area contributed by atoms with E-state index in [1.807, 2.05) is 17.0 Å². The lowest BCUT2D eigenvalue weighted by Gasteiger charge is -2.28. The van der Waals surface area contributed by atoms with Crippen molar-refractivity contribution in [3.05, 3.63) is 35.6 Å². The van der Waals surface area contributed by atoms with Crippen LogP contribution in [0.25, 0.3) is 0 Å². The third-order valence-corrected chi connectivity index (χ3v) is 4.80. The van der Waals surface area contributed by atoms with Crippen molar-refractivity contribution in [3.63, 3.8) is 0 Å². The smallest absolute Gasteiger partial charge is 0.226 e. The van der Waals surface area contributed by atoms with Crippen LogP contribution in [-0.4, -0.2) is 23.4 Å². The Morgan fingerprint density at radius 2 is 2.00 bits per heavy atom. The summed E-state index contributed by atoms with van der Waals surface area (Å²) in [6.07, 6.45) is 5.54. The number of amides is 1. The number of benzene rings is 1. The van der Waals surface area contributed by atoms with Gasteiger partial charge in [-0.1, -0.05) is 31.0 Å². The van der Waals surface area contributed by atoms with E-state index in [1.165, 1.54) is 18.9 Å². The summed E-state index contributed by atoms with van der Waals surface area (Å²) in [5.41, 5.74) is 0.716. The van der Waals surface area contributed by atoms with Crippen LogP contribution >= 0.6 is 0 Å². The van der Waals surface area contributed by atoms with E-state index < -0.39 is 0 Å². The van der Waals surface area contributed by atoms with Gasteiger partial charge in [0.1, 0.15) is 5.82 Å². The van der Waals surface area contributed by atoms with Crippen molar-refractivity contribution in [3.8, 4) is 0 Å². The van der Waals surface area contributed by atoms with Gasteiger partial charge in [0, 0.05) is 18.5 Å². The second-order valence-electron chi connectivity index (χ2n) is 6.03. The summed E-state index contributed by atoms with van der Waals surface area (Å²) >= 11 is 0. The van der Waals surface area contributed by atoms with E-state index in [9.17, 15) is 9.18 Å². The van der Waals surface area contributed by atoms with Crippen LogP contribution in [0.5, 0.6) is 0 Å². The van der Waals surface area contributed by atoms with Crippen LogP contribution in [0.2, 0.25) is 0 Å². The Morgan fingerprint density at radius 3 is 2.65 bits per heavy atom. The van der Waals surface area contributed by atoms with Crippen molar-refractivity contribution in [2.45, 2.75) is 51.0 Å². The number of hydrogen-bond donors (Lipinski definition) is 0. The molecule has 2 fully saturated rings. The highest BCUT2D eigenvalue weighted by Gasteiger charge is 2.47. The summed E-state index contributed by atoms with van der Waals surface area (Å²) in [4.78, 5) is 14.7. The summed E-state index contributed by atoms with van der Waals surface area (Å²) < 4.78 is 13.8. The lowest BCUT2D eigenvalue weighted by atomic mass is 10.1.